The molecule has 26 heavy (non-hydrogen) atoms. The smallest absolute Gasteiger partial charge is 0.326 e. The van der Waals surface area contributed by atoms with Gasteiger partial charge >= 0.3 is 6.03 Å². The number of urea groups is 1. The third kappa shape index (κ3) is 6.57. The number of carbonyl (C=O) groups excluding carboxylic acids is 2. The van der Waals surface area contributed by atoms with E-state index in [0.717, 1.165) is 21.8 Å². The fourth-order valence-corrected chi connectivity index (χ4v) is 2.50. The molecule has 138 valence electrons. The van der Waals surface area contributed by atoms with Crippen LogP contribution in [0.3, 0.4) is 0 Å². The second-order valence-electron chi connectivity index (χ2n) is 6.37. The summed E-state index contributed by atoms with van der Waals surface area (Å²) in [6, 6.07) is 14.7. The number of anilines is 1. The minimum absolute atomic E-state index is 0.193. The largest absolute Gasteiger partial charge is 0.488 e. The standard InChI is InChI=1S/C20H25N3O3/c1-15-9-10-18(16(2)13-15)21-20(25)22-19(24)14-23(3)11-12-26-17-7-5-4-6-8-17/h4-10,13H,11-12,14H2,1-3H3,(H2,21,22,24,25)/p+1. The fraction of sp³-hybridized carbons (Fsp3) is 0.300. The van der Waals surface area contributed by atoms with E-state index in [2.05, 4.69) is 10.6 Å². The number of ether oxygens (including phenoxy) is 1. The Labute approximate surface area is 154 Å². The van der Waals surface area contributed by atoms with Gasteiger partial charge in [0.25, 0.3) is 5.91 Å². The van der Waals surface area contributed by atoms with Gasteiger partial charge < -0.3 is 15.0 Å². The number of amides is 3. The lowest BCUT2D eigenvalue weighted by Gasteiger charge is -2.14. The van der Waals surface area contributed by atoms with Crippen LogP contribution < -0.4 is 20.3 Å². The Bertz CT molecular complexity index is 747. The Morgan fingerprint density at radius 1 is 1.08 bits per heavy atom. The first-order valence-electron chi connectivity index (χ1n) is 8.61. The third-order valence-corrected chi connectivity index (χ3v) is 3.89. The molecule has 1 unspecified atom stereocenters. The van der Waals surface area contributed by atoms with Crippen LogP contribution in [0.25, 0.3) is 0 Å². The number of aryl methyl sites for hydroxylation is 2. The maximum atomic E-state index is 12.0. The summed E-state index contributed by atoms with van der Waals surface area (Å²) >= 11 is 0. The van der Waals surface area contributed by atoms with Gasteiger partial charge in [-0.05, 0) is 37.6 Å². The topological polar surface area (TPSA) is 71.9 Å². The summed E-state index contributed by atoms with van der Waals surface area (Å²) < 4.78 is 5.61. The van der Waals surface area contributed by atoms with E-state index in [-0.39, 0.29) is 12.5 Å². The normalized spacial score (nSPS) is 11.5. The average Bonchev–Trinajstić information content (AvgIpc) is 2.58. The van der Waals surface area contributed by atoms with E-state index in [9.17, 15) is 9.59 Å². The van der Waals surface area contributed by atoms with E-state index < -0.39 is 6.03 Å². The van der Waals surface area contributed by atoms with Crippen molar-refractivity contribution in [1.29, 1.82) is 0 Å². The minimum Gasteiger partial charge on any atom is -0.488 e. The lowest BCUT2D eigenvalue weighted by Crippen LogP contribution is -3.10. The molecule has 0 saturated carbocycles. The summed E-state index contributed by atoms with van der Waals surface area (Å²) in [6.07, 6.45) is 0. The highest BCUT2D eigenvalue weighted by atomic mass is 16.5. The summed E-state index contributed by atoms with van der Waals surface area (Å²) in [5.74, 6) is 0.474. The third-order valence-electron chi connectivity index (χ3n) is 3.89. The molecule has 0 aromatic heterocycles. The Morgan fingerprint density at radius 3 is 2.50 bits per heavy atom. The highest BCUT2D eigenvalue weighted by Gasteiger charge is 2.14. The molecule has 0 spiro atoms. The quantitative estimate of drug-likeness (QED) is 0.705. The molecule has 2 aromatic carbocycles. The van der Waals surface area contributed by atoms with Gasteiger partial charge in [0.1, 0.15) is 18.9 Å². The zero-order valence-corrected chi connectivity index (χ0v) is 15.5. The van der Waals surface area contributed by atoms with Gasteiger partial charge in [0.05, 0.1) is 7.05 Å². The van der Waals surface area contributed by atoms with Gasteiger partial charge in [0.15, 0.2) is 6.54 Å². The van der Waals surface area contributed by atoms with Crippen LogP contribution in [0.5, 0.6) is 5.75 Å². The number of para-hydroxylation sites is 1. The van der Waals surface area contributed by atoms with Crippen molar-refractivity contribution in [2.45, 2.75) is 13.8 Å². The van der Waals surface area contributed by atoms with Gasteiger partial charge in [-0.25, -0.2) is 4.79 Å². The lowest BCUT2D eigenvalue weighted by molar-refractivity contribution is -0.871. The number of imide groups is 1. The zero-order valence-electron chi connectivity index (χ0n) is 15.5. The van der Waals surface area contributed by atoms with E-state index in [0.29, 0.717) is 18.8 Å². The van der Waals surface area contributed by atoms with Crippen LogP contribution in [0.15, 0.2) is 48.5 Å². The molecule has 0 radical (unpaired) electrons. The SMILES string of the molecule is Cc1ccc(NC(=O)NC(=O)C[NH+](C)CCOc2ccccc2)c(C)c1. The van der Waals surface area contributed by atoms with E-state index in [1.807, 2.05) is 69.4 Å². The molecule has 0 bridgehead atoms. The number of likely N-dealkylation sites (N-methyl/N-ethyl adjacent to an activating group) is 1. The molecule has 3 amide bonds. The molecule has 6 heteroatoms. The molecule has 0 aliphatic carbocycles. The van der Waals surface area contributed by atoms with Gasteiger partial charge in [0.2, 0.25) is 0 Å². The first-order chi connectivity index (χ1) is 12.4. The van der Waals surface area contributed by atoms with Crippen LogP contribution in [0.2, 0.25) is 0 Å². The first-order valence-corrected chi connectivity index (χ1v) is 8.61. The Hall–Kier alpha value is -2.86. The monoisotopic (exact) mass is 356 g/mol. The van der Waals surface area contributed by atoms with E-state index in [1.165, 1.54) is 0 Å². The Kier molecular flexibility index (Phi) is 7.17. The molecule has 0 heterocycles. The summed E-state index contributed by atoms with van der Waals surface area (Å²) in [7, 11) is 1.88. The van der Waals surface area contributed by atoms with E-state index >= 15 is 0 Å². The van der Waals surface area contributed by atoms with Crippen molar-refractivity contribution in [2.24, 2.45) is 0 Å². The number of quaternary nitrogens is 1. The zero-order chi connectivity index (χ0) is 18.9. The molecule has 0 fully saturated rings. The van der Waals surface area contributed by atoms with Gasteiger partial charge in [-0.3, -0.25) is 10.1 Å². The molecule has 0 saturated heterocycles. The molecule has 0 aliphatic heterocycles. The predicted molar refractivity (Wildman–Crippen MR) is 102 cm³/mol. The average molecular weight is 356 g/mol. The van der Waals surface area contributed by atoms with Gasteiger partial charge in [0, 0.05) is 5.69 Å². The number of rotatable bonds is 7. The molecule has 6 nitrogen and oxygen atoms in total. The molecular weight excluding hydrogens is 330 g/mol. The number of hydrogen-bond donors (Lipinski definition) is 3. The highest BCUT2D eigenvalue weighted by molar-refractivity contribution is 6.01. The van der Waals surface area contributed by atoms with Gasteiger partial charge in [-0.2, -0.15) is 0 Å². The van der Waals surface area contributed by atoms with Crippen LogP contribution >= 0.6 is 0 Å². The number of benzene rings is 2. The second-order valence-corrected chi connectivity index (χ2v) is 6.37. The Balaban J connectivity index is 1.70. The van der Waals surface area contributed by atoms with Crippen LogP contribution in [0.1, 0.15) is 11.1 Å². The van der Waals surface area contributed by atoms with Crippen molar-refractivity contribution in [1.82, 2.24) is 5.32 Å². The van der Waals surface area contributed by atoms with Crippen molar-refractivity contribution < 1.29 is 19.2 Å². The number of carbonyl (C=O) groups is 2. The molecule has 3 N–H and O–H groups in total. The summed E-state index contributed by atoms with van der Waals surface area (Å²) in [5, 5.41) is 5.06. The fourth-order valence-electron chi connectivity index (χ4n) is 2.50. The van der Waals surface area contributed by atoms with Crippen LogP contribution in [-0.2, 0) is 4.79 Å². The Morgan fingerprint density at radius 2 is 1.81 bits per heavy atom. The van der Waals surface area contributed by atoms with Gasteiger partial charge in [-0.1, -0.05) is 35.9 Å². The van der Waals surface area contributed by atoms with Crippen LogP contribution in [0.4, 0.5) is 10.5 Å². The maximum absolute atomic E-state index is 12.0. The number of hydrogen-bond acceptors (Lipinski definition) is 3. The summed E-state index contributed by atoms with van der Waals surface area (Å²) in [5.41, 5.74) is 2.76. The molecule has 2 rings (SSSR count). The van der Waals surface area contributed by atoms with Crippen molar-refractivity contribution in [2.75, 3.05) is 32.1 Å². The van der Waals surface area contributed by atoms with Crippen LogP contribution in [-0.4, -0.2) is 38.7 Å². The minimum atomic E-state index is -0.518. The molecule has 1 atom stereocenters. The maximum Gasteiger partial charge on any atom is 0.326 e. The number of nitrogens with one attached hydrogen (secondary N) is 3. The van der Waals surface area contributed by atoms with Crippen LogP contribution in [0, 0.1) is 13.8 Å². The van der Waals surface area contributed by atoms with Crippen molar-refractivity contribution in [3.8, 4) is 5.75 Å². The van der Waals surface area contributed by atoms with Crippen molar-refractivity contribution in [3.63, 3.8) is 0 Å². The summed E-state index contributed by atoms with van der Waals surface area (Å²) in [4.78, 5) is 24.9. The predicted octanol–water partition coefficient (Wildman–Crippen LogP) is 1.55. The van der Waals surface area contributed by atoms with E-state index in [4.69, 9.17) is 4.74 Å². The molecular formula is C20H26N3O3+. The van der Waals surface area contributed by atoms with Gasteiger partial charge in [-0.15, -0.1) is 0 Å². The highest BCUT2D eigenvalue weighted by Crippen LogP contribution is 2.15. The molecule has 2 aromatic rings. The second kappa shape index (κ2) is 9.58. The van der Waals surface area contributed by atoms with Crippen molar-refractivity contribution >= 4 is 17.6 Å². The molecule has 0 aliphatic rings. The van der Waals surface area contributed by atoms with E-state index in [1.54, 1.807) is 0 Å². The van der Waals surface area contributed by atoms with Crippen molar-refractivity contribution in [3.05, 3.63) is 59.7 Å². The first kappa shape index (κ1) is 19.5. The lowest BCUT2D eigenvalue weighted by atomic mass is 10.1. The summed E-state index contributed by atoms with van der Waals surface area (Å²) in [6.45, 7) is 5.24.